The standard InChI is InChI=1S/C28H29N/c1-21-15-17-25(18-16-21)29-20-24(26-13-8-14-28(26)29)19-27(22-9-4-2-5-10-22)23-11-6-3-7-12-23/h2-7,9-12,15-19,24,26,28H,8,13-14,20H2,1H3. The molecule has 3 aromatic rings. The minimum atomic E-state index is 0.596. The third kappa shape index (κ3) is 3.62. The molecule has 0 bridgehead atoms. The Kier molecular flexibility index (Phi) is 4.97. The van der Waals surface area contributed by atoms with Gasteiger partial charge in [0.2, 0.25) is 0 Å². The van der Waals surface area contributed by atoms with Gasteiger partial charge in [0.25, 0.3) is 0 Å². The van der Waals surface area contributed by atoms with Crippen molar-refractivity contribution in [3.05, 3.63) is 108 Å². The van der Waals surface area contributed by atoms with Crippen LogP contribution in [0.25, 0.3) is 5.57 Å². The van der Waals surface area contributed by atoms with Crippen LogP contribution in [0.1, 0.15) is 36.0 Å². The zero-order chi connectivity index (χ0) is 19.6. The molecule has 2 aliphatic rings. The van der Waals surface area contributed by atoms with Crippen LogP contribution < -0.4 is 4.90 Å². The van der Waals surface area contributed by atoms with Crippen molar-refractivity contribution in [1.29, 1.82) is 0 Å². The fraction of sp³-hybridized carbons (Fsp3) is 0.286. The fourth-order valence-corrected chi connectivity index (χ4v) is 5.37. The SMILES string of the molecule is Cc1ccc(N2CC(C=C(c3ccccc3)c3ccccc3)C3CCCC32)cc1. The van der Waals surface area contributed by atoms with E-state index in [0.717, 1.165) is 12.5 Å². The maximum Gasteiger partial charge on any atom is 0.0369 e. The minimum Gasteiger partial charge on any atom is -0.368 e. The summed E-state index contributed by atoms with van der Waals surface area (Å²) in [5, 5.41) is 0. The average Bonchev–Trinajstić information content (AvgIpc) is 3.37. The van der Waals surface area contributed by atoms with Crippen LogP contribution in [-0.4, -0.2) is 12.6 Å². The molecule has 1 nitrogen and oxygen atoms in total. The highest BCUT2D eigenvalue weighted by molar-refractivity contribution is 5.80. The summed E-state index contributed by atoms with van der Waals surface area (Å²) in [7, 11) is 0. The van der Waals surface area contributed by atoms with Gasteiger partial charge in [-0.25, -0.2) is 0 Å². The van der Waals surface area contributed by atoms with Crippen LogP contribution in [0, 0.1) is 18.8 Å². The lowest BCUT2D eigenvalue weighted by Gasteiger charge is -2.26. The van der Waals surface area contributed by atoms with Gasteiger partial charge in [-0.2, -0.15) is 0 Å². The fourth-order valence-electron chi connectivity index (χ4n) is 5.37. The number of hydrogen-bond acceptors (Lipinski definition) is 1. The van der Waals surface area contributed by atoms with Crippen molar-refractivity contribution in [2.75, 3.05) is 11.4 Å². The van der Waals surface area contributed by atoms with E-state index in [0.29, 0.717) is 12.0 Å². The molecule has 0 amide bonds. The highest BCUT2D eigenvalue weighted by atomic mass is 15.2. The van der Waals surface area contributed by atoms with Crippen LogP contribution in [0.2, 0.25) is 0 Å². The van der Waals surface area contributed by atoms with Crippen molar-refractivity contribution in [2.45, 2.75) is 32.2 Å². The van der Waals surface area contributed by atoms with Crippen LogP contribution in [0.15, 0.2) is 91.0 Å². The molecule has 146 valence electrons. The van der Waals surface area contributed by atoms with Gasteiger partial charge >= 0.3 is 0 Å². The van der Waals surface area contributed by atoms with Crippen LogP contribution in [0.5, 0.6) is 0 Å². The Balaban J connectivity index is 1.52. The Bertz CT molecular complexity index is 930. The molecule has 1 aliphatic heterocycles. The van der Waals surface area contributed by atoms with Gasteiger partial charge in [-0.15, -0.1) is 0 Å². The summed E-state index contributed by atoms with van der Waals surface area (Å²) in [5.74, 6) is 1.36. The van der Waals surface area contributed by atoms with E-state index < -0.39 is 0 Å². The van der Waals surface area contributed by atoms with Gasteiger partial charge in [0.05, 0.1) is 0 Å². The Morgan fingerprint density at radius 2 is 1.41 bits per heavy atom. The van der Waals surface area contributed by atoms with Gasteiger partial charge in [-0.1, -0.05) is 90.9 Å². The molecular formula is C28H29N. The molecule has 0 aromatic heterocycles. The van der Waals surface area contributed by atoms with Gasteiger partial charge in [-0.3, -0.25) is 0 Å². The average molecular weight is 380 g/mol. The number of fused-ring (bicyclic) bond motifs is 1. The summed E-state index contributed by atoms with van der Waals surface area (Å²) in [6.07, 6.45) is 6.62. The normalized spacial score (nSPS) is 23.1. The second-order valence-corrected chi connectivity index (χ2v) is 8.63. The monoisotopic (exact) mass is 379 g/mol. The maximum absolute atomic E-state index is 2.69. The number of anilines is 1. The van der Waals surface area contributed by atoms with Crippen molar-refractivity contribution < 1.29 is 0 Å². The van der Waals surface area contributed by atoms with E-state index in [1.54, 1.807) is 0 Å². The second-order valence-electron chi connectivity index (χ2n) is 8.63. The highest BCUT2D eigenvalue weighted by Crippen LogP contribution is 2.45. The summed E-state index contributed by atoms with van der Waals surface area (Å²) in [6, 6.07) is 31.6. The topological polar surface area (TPSA) is 3.24 Å². The summed E-state index contributed by atoms with van der Waals surface area (Å²) in [5.41, 5.74) is 6.75. The largest absolute Gasteiger partial charge is 0.368 e. The van der Waals surface area contributed by atoms with Crippen molar-refractivity contribution in [2.24, 2.45) is 11.8 Å². The summed E-state index contributed by atoms with van der Waals surface area (Å²) in [4.78, 5) is 2.69. The number of nitrogens with zero attached hydrogens (tertiary/aromatic N) is 1. The molecule has 5 rings (SSSR count). The van der Waals surface area contributed by atoms with E-state index in [2.05, 4.69) is 103 Å². The van der Waals surface area contributed by atoms with E-state index in [4.69, 9.17) is 0 Å². The van der Waals surface area contributed by atoms with Crippen molar-refractivity contribution >= 4 is 11.3 Å². The molecule has 3 atom stereocenters. The molecule has 0 radical (unpaired) electrons. The molecule has 0 spiro atoms. The lowest BCUT2D eigenvalue weighted by molar-refractivity contribution is 0.465. The van der Waals surface area contributed by atoms with Gasteiger partial charge in [0, 0.05) is 24.2 Å². The number of benzene rings is 3. The first kappa shape index (κ1) is 18.2. The Labute approximate surface area is 174 Å². The van der Waals surface area contributed by atoms with E-state index >= 15 is 0 Å². The molecule has 3 unspecified atom stereocenters. The molecule has 1 saturated carbocycles. The Morgan fingerprint density at radius 1 is 0.793 bits per heavy atom. The first-order valence-electron chi connectivity index (χ1n) is 11.0. The van der Waals surface area contributed by atoms with E-state index in [1.165, 1.54) is 47.2 Å². The van der Waals surface area contributed by atoms with Crippen molar-refractivity contribution in [3.63, 3.8) is 0 Å². The van der Waals surface area contributed by atoms with Crippen LogP contribution in [0.4, 0.5) is 5.69 Å². The first-order valence-corrected chi connectivity index (χ1v) is 11.0. The summed E-state index contributed by atoms with van der Waals surface area (Å²) in [6.45, 7) is 3.30. The zero-order valence-electron chi connectivity index (χ0n) is 17.2. The quantitative estimate of drug-likeness (QED) is 0.486. The van der Waals surface area contributed by atoms with Crippen molar-refractivity contribution in [1.82, 2.24) is 0 Å². The molecule has 1 heterocycles. The molecule has 29 heavy (non-hydrogen) atoms. The van der Waals surface area contributed by atoms with Gasteiger partial charge in [0.15, 0.2) is 0 Å². The molecule has 0 N–H and O–H groups in total. The van der Waals surface area contributed by atoms with Crippen molar-refractivity contribution in [3.8, 4) is 0 Å². The Hall–Kier alpha value is -2.80. The predicted molar refractivity (Wildman–Crippen MR) is 123 cm³/mol. The Morgan fingerprint density at radius 3 is 2.03 bits per heavy atom. The number of rotatable bonds is 4. The third-order valence-corrected chi connectivity index (χ3v) is 6.81. The van der Waals surface area contributed by atoms with E-state index in [1.807, 2.05) is 0 Å². The molecule has 3 aromatic carbocycles. The lowest BCUT2D eigenvalue weighted by Crippen LogP contribution is -2.29. The van der Waals surface area contributed by atoms with Gasteiger partial charge in [-0.05, 0) is 54.5 Å². The smallest absolute Gasteiger partial charge is 0.0369 e. The molecule has 1 heteroatoms. The summed E-state index contributed by atoms with van der Waals surface area (Å²) < 4.78 is 0. The molecule has 2 fully saturated rings. The van der Waals surface area contributed by atoms with Gasteiger partial charge < -0.3 is 4.90 Å². The van der Waals surface area contributed by atoms with Crippen LogP contribution >= 0.6 is 0 Å². The predicted octanol–water partition coefficient (Wildman–Crippen LogP) is 6.73. The maximum atomic E-state index is 2.69. The first-order chi connectivity index (χ1) is 14.3. The van der Waals surface area contributed by atoms with Crippen LogP contribution in [0.3, 0.4) is 0 Å². The highest BCUT2D eigenvalue weighted by Gasteiger charge is 2.43. The number of aryl methyl sites for hydroxylation is 1. The molecule has 1 aliphatic carbocycles. The number of hydrogen-bond donors (Lipinski definition) is 0. The van der Waals surface area contributed by atoms with E-state index in [9.17, 15) is 0 Å². The third-order valence-electron chi connectivity index (χ3n) is 6.81. The second kappa shape index (κ2) is 7.91. The van der Waals surface area contributed by atoms with Gasteiger partial charge in [0.1, 0.15) is 0 Å². The zero-order valence-corrected chi connectivity index (χ0v) is 17.2. The lowest BCUT2D eigenvalue weighted by atomic mass is 9.87. The molecule has 1 saturated heterocycles. The minimum absolute atomic E-state index is 0.596. The van der Waals surface area contributed by atoms with E-state index in [-0.39, 0.29) is 0 Å². The van der Waals surface area contributed by atoms with Crippen LogP contribution in [-0.2, 0) is 0 Å². The summed E-state index contributed by atoms with van der Waals surface area (Å²) >= 11 is 0. The molecular weight excluding hydrogens is 350 g/mol.